The third-order valence-corrected chi connectivity index (χ3v) is 14.0. The van der Waals surface area contributed by atoms with Crippen LogP contribution in [0.4, 0.5) is 9.59 Å². The van der Waals surface area contributed by atoms with E-state index in [2.05, 4.69) is 81.3 Å². The zero-order valence-corrected chi connectivity index (χ0v) is 37.2. The van der Waals surface area contributed by atoms with Gasteiger partial charge >= 0.3 is 12.2 Å². The summed E-state index contributed by atoms with van der Waals surface area (Å²) >= 11 is 0. The van der Waals surface area contributed by atoms with Crippen LogP contribution in [0.2, 0.25) is 0 Å². The summed E-state index contributed by atoms with van der Waals surface area (Å²) in [4.78, 5) is 73.1. The van der Waals surface area contributed by atoms with E-state index in [1.54, 1.807) is 0 Å². The number of likely N-dealkylation sites (tertiary alicyclic amines) is 2. The molecule has 3 aromatic carbocycles. The molecule has 2 aliphatic carbocycles. The number of piperidine rings is 1. The molecule has 330 valence electrons. The maximum atomic E-state index is 14.2. The Morgan fingerprint density at radius 1 is 0.762 bits per heavy atom. The van der Waals surface area contributed by atoms with E-state index in [9.17, 15) is 19.2 Å². The van der Waals surface area contributed by atoms with Gasteiger partial charge in [0.1, 0.15) is 23.7 Å². The molecule has 5 aromatic rings. The van der Waals surface area contributed by atoms with Crippen molar-refractivity contribution in [2.45, 2.75) is 103 Å². The molecule has 2 aromatic heterocycles. The SMILES string of the molecule is COC(=O)NC(C(=O)N1CC2(CC2)C[C@H]1c1ncc(-c2ccc3cc(-c4ccc(-c5cnc([C@@H]6[C@H]7CCC(C7)N6C(=O)[C@@H](NC(=O)OC)C(C)(C)C)[nH]5)cc4)ccc3c2)[nH]1)C(C)C. The van der Waals surface area contributed by atoms with Crippen molar-refractivity contribution in [2.75, 3.05) is 20.8 Å². The summed E-state index contributed by atoms with van der Waals surface area (Å²) < 4.78 is 9.70. The monoisotopic (exact) mass is 854 g/mol. The minimum atomic E-state index is -0.734. The number of imidazole rings is 2. The number of amides is 4. The quantitative estimate of drug-likeness (QED) is 0.108. The van der Waals surface area contributed by atoms with Gasteiger partial charge < -0.3 is 39.9 Å². The molecule has 4 amide bonds. The first-order valence-electron chi connectivity index (χ1n) is 22.2. The van der Waals surface area contributed by atoms with Crippen LogP contribution in [0.1, 0.15) is 96.9 Å². The lowest BCUT2D eigenvalue weighted by Crippen LogP contribution is -2.56. The number of hydrogen-bond donors (Lipinski definition) is 4. The number of hydrogen-bond acceptors (Lipinski definition) is 8. The number of benzene rings is 3. The molecule has 9 rings (SSSR count). The second kappa shape index (κ2) is 16.2. The fraction of sp³-hybridized carbons (Fsp3) is 0.469. The number of aromatic nitrogens is 4. The summed E-state index contributed by atoms with van der Waals surface area (Å²) in [5.41, 5.74) is 5.57. The number of carbonyl (C=O) groups excluding carboxylic acids is 4. The first-order chi connectivity index (χ1) is 30.1. The summed E-state index contributed by atoms with van der Waals surface area (Å²) in [5.74, 6) is 1.52. The zero-order chi connectivity index (χ0) is 44.4. The van der Waals surface area contributed by atoms with Crippen LogP contribution in [0.3, 0.4) is 0 Å². The molecule has 2 bridgehead atoms. The van der Waals surface area contributed by atoms with E-state index < -0.39 is 29.7 Å². The van der Waals surface area contributed by atoms with Gasteiger partial charge in [0.05, 0.1) is 50.1 Å². The average Bonchev–Trinajstić information content (AvgIpc) is 3.91. The van der Waals surface area contributed by atoms with Gasteiger partial charge in [0.2, 0.25) is 11.8 Å². The molecule has 14 heteroatoms. The Bertz CT molecular complexity index is 2550. The summed E-state index contributed by atoms with van der Waals surface area (Å²) in [7, 11) is 2.62. The smallest absolute Gasteiger partial charge is 0.407 e. The van der Waals surface area contributed by atoms with Crippen molar-refractivity contribution in [3.05, 3.63) is 84.7 Å². The Hall–Kier alpha value is -6.18. The number of alkyl carbamates (subject to hydrolysis) is 2. The van der Waals surface area contributed by atoms with Gasteiger partial charge in [-0.05, 0) is 101 Å². The number of ether oxygens (including phenoxy) is 2. The minimum absolute atomic E-state index is 0.102. The number of aromatic amines is 2. The van der Waals surface area contributed by atoms with Crippen molar-refractivity contribution in [1.29, 1.82) is 0 Å². The van der Waals surface area contributed by atoms with Gasteiger partial charge in [0.15, 0.2) is 0 Å². The van der Waals surface area contributed by atoms with Crippen molar-refractivity contribution in [3.8, 4) is 33.6 Å². The van der Waals surface area contributed by atoms with Crippen molar-refractivity contribution in [3.63, 3.8) is 0 Å². The van der Waals surface area contributed by atoms with Gasteiger partial charge in [0.25, 0.3) is 0 Å². The molecule has 2 saturated heterocycles. The largest absolute Gasteiger partial charge is 0.453 e. The van der Waals surface area contributed by atoms with Crippen molar-refractivity contribution in [1.82, 2.24) is 40.4 Å². The molecule has 63 heavy (non-hydrogen) atoms. The maximum Gasteiger partial charge on any atom is 0.407 e. The second-order valence-corrected chi connectivity index (χ2v) is 19.6. The lowest BCUT2D eigenvalue weighted by atomic mass is 9.85. The molecule has 4 fully saturated rings. The Morgan fingerprint density at radius 3 is 2.00 bits per heavy atom. The van der Waals surface area contributed by atoms with E-state index in [-0.39, 0.29) is 41.3 Å². The zero-order valence-electron chi connectivity index (χ0n) is 37.2. The summed E-state index contributed by atoms with van der Waals surface area (Å²) in [5, 5.41) is 7.77. The Labute approximate surface area is 367 Å². The molecule has 2 unspecified atom stereocenters. The van der Waals surface area contributed by atoms with Gasteiger partial charge in [-0.25, -0.2) is 19.6 Å². The Morgan fingerprint density at radius 2 is 1.35 bits per heavy atom. The lowest BCUT2D eigenvalue weighted by molar-refractivity contribution is -0.141. The highest BCUT2D eigenvalue weighted by Crippen LogP contribution is 2.58. The first kappa shape index (κ1) is 42.1. The Balaban J connectivity index is 0.896. The average molecular weight is 855 g/mol. The molecular formula is C49H58N8O6. The van der Waals surface area contributed by atoms with Crippen LogP contribution in [-0.4, -0.2) is 92.6 Å². The highest BCUT2D eigenvalue weighted by molar-refractivity contribution is 5.91. The lowest BCUT2D eigenvalue weighted by Gasteiger charge is -2.40. The third-order valence-electron chi connectivity index (χ3n) is 14.0. The molecule has 0 radical (unpaired) electrons. The highest BCUT2D eigenvalue weighted by Gasteiger charge is 2.55. The molecule has 14 nitrogen and oxygen atoms in total. The fourth-order valence-corrected chi connectivity index (χ4v) is 10.3. The Kier molecular flexibility index (Phi) is 10.8. The van der Waals surface area contributed by atoms with Gasteiger partial charge in [-0.1, -0.05) is 83.1 Å². The van der Waals surface area contributed by atoms with E-state index in [0.717, 1.165) is 94.6 Å². The van der Waals surface area contributed by atoms with Crippen LogP contribution >= 0.6 is 0 Å². The van der Waals surface area contributed by atoms with E-state index in [4.69, 9.17) is 19.4 Å². The van der Waals surface area contributed by atoms with Crippen LogP contribution in [0.5, 0.6) is 0 Å². The van der Waals surface area contributed by atoms with E-state index in [1.165, 1.54) is 14.2 Å². The van der Waals surface area contributed by atoms with Crippen LogP contribution < -0.4 is 10.6 Å². The fourth-order valence-electron chi connectivity index (χ4n) is 10.3. The first-order valence-corrected chi connectivity index (χ1v) is 22.2. The molecule has 4 aliphatic rings. The normalized spacial score (nSPS) is 22.1. The number of H-pyrrole nitrogens is 2. The number of fused-ring (bicyclic) bond motifs is 3. The molecular weight excluding hydrogens is 797 g/mol. The maximum absolute atomic E-state index is 14.2. The van der Waals surface area contributed by atoms with Gasteiger partial charge in [-0.15, -0.1) is 0 Å². The second-order valence-electron chi connectivity index (χ2n) is 19.6. The van der Waals surface area contributed by atoms with Gasteiger partial charge in [-0.3, -0.25) is 9.59 Å². The van der Waals surface area contributed by atoms with Crippen molar-refractivity contribution in [2.24, 2.45) is 22.7 Å². The van der Waals surface area contributed by atoms with Gasteiger partial charge in [-0.2, -0.15) is 0 Å². The van der Waals surface area contributed by atoms with Crippen LogP contribution in [0, 0.1) is 22.7 Å². The number of methoxy groups -OCH3 is 2. The molecule has 4 heterocycles. The topological polar surface area (TPSA) is 175 Å². The molecule has 2 aliphatic heterocycles. The summed E-state index contributed by atoms with van der Waals surface area (Å²) in [6, 6.07) is 19.6. The predicted molar refractivity (Wildman–Crippen MR) is 239 cm³/mol. The molecule has 4 N–H and O–H groups in total. The van der Waals surface area contributed by atoms with Crippen molar-refractivity contribution >= 4 is 34.8 Å². The third kappa shape index (κ3) is 8.04. The number of nitrogens with zero attached hydrogens (tertiary/aromatic N) is 4. The van der Waals surface area contributed by atoms with Crippen LogP contribution in [0.25, 0.3) is 44.4 Å². The molecule has 2 saturated carbocycles. The van der Waals surface area contributed by atoms with Crippen LogP contribution in [-0.2, 0) is 19.1 Å². The molecule has 6 atom stereocenters. The number of rotatable bonds is 10. The summed E-state index contributed by atoms with van der Waals surface area (Å²) in [6.07, 6.45) is 8.40. The number of carbonyl (C=O) groups is 4. The standard InChI is InChI=1S/C49H58N8O6/c1-27(2)39(54-46(60)62-6)44(58)56-26-49(18-19-49)23-38(56)42-50-25-37(52-42)33-15-14-31-20-30(12-13-32(31)21-33)28-8-10-29(11-9-28)36-24-51-43(53-36)40-34-16-17-35(22-34)57(40)45(59)41(48(3,4)5)55-47(61)63-7/h8-15,20-21,24-25,27,34-35,38-41H,16-19,22-23,26H2,1-7H3,(H,50,52)(H,51,53)(H,54,60)(H,55,61)/t34-,35?,38-,39?,40-,41+/m0/s1. The molecule has 1 spiro atoms. The number of nitrogens with one attached hydrogen (secondary N) is 4. The predicted octanol–water partition coefficient (Wildman–Crippen LogP) is 8.54. The van der Waals surface area contributed by atoms with Crippen LogP contribution in [0.15, 0.2) is 73.1 Å². The van der Waals surface area contributed by atoms with E-state index in [0.29, 0.717) is 12.5 Å². The highest BCUT2D eigenvalue weighted by atomic mass is 16.5. The van der Waals surface area contributed by atoms with E-state index >= 15 is 0 Å². The minimum Gasteiger partial charge on any atom is -0.453 e. The van der Waals surface area contributed by atoms with Gasteiger partial charge in [0, 0.05) is 18.2 Å². The summed E-state index contributed by atoms with van der Waals surface area (Å²) in [6.45, 7) is 10.4. The van der Waals surface area contributed by atoms with E-state index in [1.807, 2.05) is 56.8 Å². The van der Waals surface area contributed by atoms with Crippen molar-refractivity contribution < 1.29 is 28.7 Å².